The van der Waals surface area contributed by atoms with Crippen molar-refractivity contribution in [1.82, 2.24) is 24.7 Å². The largest absolute Gasteiger partial charge is 0.343 e. The van der Waals surface area contributed by atoms with Crippen molar-refractivity contribution < 1.29 is 9.59 Å². The standard InChI is InChI=1S/C21H30N6O2S2/c1-3-25(4-2)17(28)15-30-20-23-24-21(27(20)22)31-18(16-11-7-5-8-12-16)19(29)26-13-9-6-10-14-26/h5,7-8,11-12,18H,3-4,6,9-10,13-15,22H2,1-2H3/t18-/m1/s1. The average molecular weight is 463 g/mol. The van der Waals surface area contributed by atoms with Crippen LogP contribution in [0.15, 0.2) is 40.6 Å². The van der Waals surface area contributed by atoms with Gasteiger partial charge < -0.3 is 15.6 Å². The molecule has 10 heteroatoms. The van der Waals surface area contributed by atoms with Crippen LogP contribution in [0.1, 0.15) is 43.9 Å². The van der Waals surface area contributed by atoms with E-state index in [1.54, 1.807) is 4.90 Å². The molecule has 1 aliphatic rings. The number of rotatable bonds is 9. The summed E-state index contributed by atoms with van der Waals surface area (Å²) < 4.78 is 1.38. The van der Waals surface area contributed by atoms with Crippen molar-refractivity contribution in [2.45, 2.75) is 48.7 Å². The average Bonchev–Trinajstić information content (AvgIpc) is 3.16. The maximum absolute atomic E-state index is 13.3. The van der Waals surface area contributed by atoms with E-state index in [1.807, 2.05) is 49.1 Å². The summed E-state index contributed by atoms with van der Waals surface area (Å²) in [4.78, 5) is 29.3. The van der Waals surface area contributed by atoms with E-state index in [0.29, 0.717) is 23.4 Å². The maximum Gasteiger partial charge on any atom is 0.240 e. The van der Waals surface area contributed by atoms with Crippen molar-refractivity contribution in [2.75, 3.05) is 37.8 Å². The number of nitrogens with zero attached hydrogens (tertiary/aromatic N) is 5. The zero-order valence-electron chi connectivity index (χ0n) is 18.1. The third-order valence-corrected chi connectivity index (χ3v) is 7.42. The molecular formula is C21H30N6O2S2. The fourth-order valence-electron chi connectivity index (χ4n) is 3.51. The monoisotopic (exact) mass is 462 g/mol. The number of thioether (sulfide) groups is 2. The first kappa shape index (κ1) is 23.5. The number of nitrogens with two attached hydrogens (primary N) is 1. The summed E-state index contributed by atoms with van der Waals surface area (Å²) >= 11 is 2.56. The van der Waals surface area contributed by atoms with Crippen molar-refractivity contribution in [3.05, 3.63) is 35.9 Å². The van der Waals surface area contributed by atoms with E-state index in [0.717, 1.165) is 37.9 Å². The third-order valence-electron chi connectivity index (χ3n) is 5.29. The van der Waals surface area contributed by atoms with E-state index >= 15 is 0 Å². The molecule has 0 radical (unpaired) electrons. The number of aromatic nitrogens is 3. The first-order chi connectivity index (χ1) is 15.0. The third kappa shape index (κ3) is 5.94. The van der Waals surface area contributed by atoms with E-state index in [-0.39, 0.29) is 17.6 Å². The van der Waals surface area contributed by atoms with Crippen molar-refractivity contribution in [3.8, 4) is 0 Å². The molecule has 8 nitrogen and oxygen atoms in total. The Morgan fingerprint density at radius 1 is 1.06 bits per heavy atom. The highest BCUT2D eigenvalue weighted by atomic mass is 32.2. The number of benzene rings is 1. The second-order valence-electron chi connectivity index (χ2n) is 7.28. The molecule has 1 aromatic heterocycles. The Balaban J connectivity index is 1.74. The molecule has 0 bridgehead atoms. The highest BCUT2D eigenvalue weighted by Gasteiger charge is 2.30. The molecule has 0 spiro atoms. The minimum Gasteiger partial charge on any atom is -0.343 e. The molecule has 2 N–H and O–H groups in total. The minimum atomic E-state index is -0.444. The van der Waals surface area contributed by atoms with Gasteiger partial charge in [0.15, 0.2) is 0 Å². The van der Waals surface area contributed by atoms with Gasteiger partial charge in [0, 0.05) is 26.2 Å². The van der Waals surface area contributed by atoms with Crippen molar-refractivity contribution in [3.63, 3.8) is 0 Å². The van der Waals surface area contributed by atoms with E-state index in [9.17, 15) is 9.59 Å². The Bertz CT molecular complexity index is 866. The molecule has 0 saturated carbocycles. The predicted octanol–water partition coefficient (Wildman–Crippen LogP) is 2.80. The maximum atomic E-state index is 13.3. The van der Waals surface area contributed by atoms with Crippen LogP contribution in [0.4, 0.5) is 0 Å². The molecule has 2 amide bonds. The van der Waals surface area contributed by atoms with Gasteiger partial charge in [0.25, 0.3) is 0 Å². The lowest BCUT2D eigenvalue weighted by atomic mass is 10.1. The molecule has 3 rings (SSSR count). The van der Waals surface area contributed by atoms with Crippen LogP contribution in [-0.2, 0) is 9.59 Å². The topological polar surface area (TPSA) is 97.4 Å². The zero-order valence-corrected chi connectivity index (χ0v) is 19.7. The molecule has 0 aliphatic carbocycles. The second kappa shape index (κ2) is 11.4. The number of hydrogen-bond acceptors (Lipinski definition) is 7. The Kier molecular flexibility index (Phi) is 8.65. The summed E-state index contributed by atoms with van der Waals surface area (Å²) in [6, 6.07) is 9.70. The SMILES string of the molecule is CCN(CC)C(=O)CSc1nnc(S[C@@H](C(=O)N2CCCCC2)c2ccccc2)n1N. The first-order valence-electron chi connectivity index (χ1n) is 10.7. The molecule has 1 atom stereocenters. The van der Waals surface area contributed by atoms with E-state index in [1.165, 1.54) is 28.2 Å². The van der Waals surface area contributed by atoms with Crippen LogP contribution in [0.2, 0.25) is 0 Å². The quantitative estimate of drug-likeness (QED) is 0.452. The number of amides is 2. The summed E-state index contributed by atoms with van der Waals surface area (Å²) in [5.74, 6) is 6.59. The fourth-order valence-corrected chi connectivity index (χ4v) is 5.37. The van der Waals surface area contributed by atoms with E-state index in [4.69, 9.17) is 5.84 Å². The molecule has 2 heterocycles. The Labute approximate surface area is 191 Å². The lowest BCUT2D eigenvalue weighted by Gasteiger charge is -2.30. The molecule has 1 aliphatic heterocycles. The highest BCUT2D eigenvalue weighted by Crippen LogP contribution is 2.37. The van der Waals surface area contributed by atoms with Gasteiger partial charge in [0.2, 0.25) is 22.1 Å². The van der Waals surface area contributed by atoms with Gasteiger partial charge >= 0.3 is 0 Å². The fraction of sp³-hybridized carbons (Fsp3) is 0.524. The second-order valence-corrected chi connectivity index (χ2v) is 9.30. The van der Waals surface area contributed by atoms with Crippen LogP contribution in [0.25, 0.3) is 0 Å². The summed E-state index contributed by atoms with van der Waals surface area (Å²) in [5.41, 5.74) is 0.914. The molecule has 31 heavy (non-hydrogen) atoms. The molecule has 0 unspecified atom stereocenters. The smallest absolute Gasteiger partial charge is 0.240 e. The Morgan fingerprint density at radius 2 is 1.71 bits per heavy atom. The number of carbonyl (C=O) groups is 2. The number of likely N-dealkylation sites (tertiary alicyclic amines) is 1. The zero-order chi connectivity index (χ0) is 22.2. The summed E-state index contributed by atoms with van der Waals surface area (Å²) in [6.45, 7) is 6.82. The molecule has 2 aromatic rings. The van der Waals surface area contributed by atoms with Gasteiger partial charge in [-0.1, -0.05) is 53.9 Å². The lowest BCUT2D eigenvalue weighted by molar-refractivity contribution is -0.131. The normalized spacial score (nSPS) is 15.0. The summed E-state index contributed by atoms with van der Waals surface area (Å²) in [6.07, 6.45) is 3.23. The van der Waals surface area contributed by atoms with Gasteiger partial charge in [-0.05, 0) is 38.7 Å². The van der Waals surface area contributed by atoms with Crippen LogP contribution in [0.5, 0.6) is 0 Å². The Hall–Kier alpha value is -2.20. The molecular weight excluding hydrogens is 432 g/mol. The lowest BCUT2D eigenvalue weighted by Crippen LogP contribution is -2.38. The first-order valence-corrected chi connectivity index (χ1v) is 12.5. The number of hydrogen-bond donors (Lipinski definition) is 1. The van der Waals surface area contributed by atoms with Gasteiger partial charge in [-0.25, -0.2) is 4.68 Å². The molecule has 168 valence electrons. The minimum absolute atomic E-state index is 0.0367. The predicted molar refractivity (Wildman–Crippen MR) is 124 cm³/mol. The van der Waals surface area contributed by atoms with Crippen LogP contribution >= 0.6 is 23.5 Å². The van der Waals surface area contributed by atoms with Gasteiger partial charge in [0.05, 0.1) is 5.75 Å². The summed E-state index contributed by atoms with van der Waals surface area (Å²) in [5, 5.41) is 8.83. The number of carbonyl (C=O) groups excluding carboxylic acids is 2. The van der Waals surface area contributed by atoms with Crippen LogP contribution in [0.3, 0.4) is 0 Å². The summed E-state index contributed by atoms with van der Waals surface area (Å²) in [7, 11) is 0. The van der Waals surface area contributed by atoms with E-state index in [2.05, 4.69) is 10.2 Å². The van der Waals surface area contributed by atoms with Crippen molar-refractivity contribution >= 4 is 35.3 Å². The molecule has 1 saturated heterocycles. The highest BCUT2D eigenvalue weighted by molar-refractivity contribution is 8.00. The van der Waals surface area contributed by atoms with E-state index < -0.39 is 5.25 Å². The van der Waals surface area contributed by atoms with Gasteiger partial charge in [0.1, 0.15) is 5.25 Å². The molecule has 1 aromatic carbocycles. The van der Waals surface area contributed by atoms with Crippen LogP contribution in [-0.4, -0.2) is 68.4 Å². The van der Waals surface area contributed by atoms with Crippen molar-refractivity contribution in [1.29, 1.82) is 0 Å². The van der Waals surface area contributed by atoms with Gasteiger partial charge in [-0.3, -0.25) is 9.59 Å². The number of piperidine rings is 1. The number of nitrogen functional groups attached to an aromatic ring is 1. The van der Waals surface area contributed by atoms with Crippen LogP contribution in [0, 0.1) is 0 Å². The Morgan fingerprint density at radius 3 is 2.35 bits per heavy atom. The van der Waals surface area contributed by atoms with Gasteiger partial charge in [-0.15, -0.1) is 10.2 Å². The van der Waals surface area contributed by atoms with Crippen LogP contribution < -0.4 is 5.84 Å². The van der Waals surface area contributed by atoms with Gasteiger partial charge in [-0.2, -0.15) is 0 Å². The van der Waals surface area contributed by atoms with Crippen molar-refractivity contribution in [2.24, 2.45) is 0 Å². The molecule has 1 fully saturated rings.